The van der Waals surface area contributed by atoms with Crippen molar-refractivity contribution in [3.05, 3.63) is 35.4 Å². The van der Waals surface area contributed by atoms with E-state index in [2.05, 4.69) is 29.7 Å². The molecule has 1 aliphatic heterocycles. The van der Waals surface area contributed by atoms with Gasteiger partial charge in [0.15, 0.2) is 0 Å². The first-order chi connectivity index (χ1) is 9.26. The van der Waals surface area contributed by atoms with Crippen LogP contribution >= 0.6 is 0 Å². The maximum Gasteiger partial charge on any atom is 0.0844 e. The molecule has 0 fully saturated rings. The number of nitrogens with two attached hydrogens (primary N) is 1. The van der Waals surface area contributed by atoms with Gasteiger partial charge in [-0.25, -0.2) is 0 Å². The fraction of sp³-hybridized carbons (Fsp3) is 0.600. The van der Waals surface area contributed by atoms with Crippen molar-refractivity contribution in [3.8, 4) is 0 Å². The predicted molar refractivity (Wildman–Crippen MR) is 75.7 cm³/mol. The molecule has 0 bridgehead atoms. The summed E-state index contributed by atoms with van der Waals surface area (Å²) in [4.78, 5) is 0. The van der Waals surface area contributed by atoms with Crippen LogP contribution in [0, 0.1) is 0 Å². The molecule has 3 atom stereocenters. The highest BCUT2D eigenvalue weighted by Gasteiger charge is 2.26. The van der Waals surface area contributed by atoms with Crippen LogP contribution in [-0.4, -0.2) is 25.4 Å². The van der Waals surface area contributed by atoms with Crippen molar-refractivity contribution in [1.82, 2.24) is 5.43 Å². The smallest absolute Gasteiger partial charge is 0.0844 e. The fourth-order valence-electron chi connectivity index (χ4n) is 2.68. The molecule has 1 aromatic carbocycles. The van der Waals surface area contributed by atoms with Crippen molar-refractivity contribution in [2.45, 2.75) is 44.9 Å². The molecule has 0 amide bonds. The number of hydrogen-bond acceptors (Lipinski definition) is 4. The number of nitrogens with one attached hydrogen (secondary N) is 1. The summed E-state index contributed by atoms with van der Waals surface area (Å²) >= 11 is 0. The van der Waals surface area contributed by atoms with Gasteiger partial charge in [-0.1, -0.05) is 24.3 Å². The van der Waals surface area contributed by atoms with E-state index in [1.54, 1.807) is 0 Å². The third-order valence-electron chi connectivity index (χ3n) is 3.77. The Hall–Kier alpha value is -0.940. The lowest BCUT2D eigenvalue weighted by Gasteiger charge is -2.31. The first-order valence-corrected chi connectivity index (χ1v) is 7.03. The SMILES string of the molecule is CCOC(C)C(CC1OCCc2ccccc21)NN. The van der Waals surface area contributed by atoms with Crippen LogP contribution in [0.4, 0.5) is 0 Å². The van der Waals surface area contributed by atoms with Gasteiger partial charge in [0.25, 0.3) is 0 Å². The quantitative estimate of drug-likeness (QED) is 0.609. The second-order valence-electron chi connectivity index (χ2n) is 4.98. The lowest BCUT2D eigenvalue weighted by molar-refractivity contribution is -0.00363. The van der Waals surface area contributed by atoms with E-state index < -0.39 is 0 Å². The predicted octanol–water partition coefficient (Wildman–Crippen LogP) is 1.95. The normalized spacial score (nSPS) is 21.7. The Morgan fingerprint density at radius 3 is 3.00 bits per heavy atom. The van der Waals surface area contributed by atoms with Crippen LogP contribution in [0.2, 0.25) is 0 Å². The van der Waals surface area contributed by atoms with E-state index in [9.17, 15) is 0 Å². The minimum atomic E-state index is 0.0766. The molecular weight excluding hydrogens is 240 g/mol. The van der Waals surface area contributed by atoms with Crippen molar-refractivity contribution < 1.29 is 9.47 Å². The average molecular weight is 264 g/mol. The molecule has 0 radical (unpaired) electrons. The molecule has 3 N–H and O–H groups in total. The maximum atomic E-state index is 5.91. The third kappa shape index (κ3) is 3.54. The molecule has 0 saturated carbocycles. The van der Waals surface area contributed by atoms with Gasteiger partial charge in [-0.3, -0.25) is 11.3 Å². The van der Waals surface area contributed by atoms with E-state index in [0.29, 0.717) is 6.61 Å². The van der Waals surface area contributed by atoms with Crippen molar-refractivity contribution in [3.63, 3.8) is 0 Å². The van der Waals surface area contributed by atoms with Gasteiger partial charge in [0.05, 0.1) is 18.8 Å². The van der Waals surface area contributed by atoms with Crippen LogP contribution in [-0.2, 0) is 15.9 Å². The molecule has 106 valence electrons. The molecular formula is C15H24N2O2. The van der Waals surface area contributed by atoms with Crippen LogP contribution in [0.25, 0.3) is 0 Å². The first-order valence-electron chi connectivity index (χ1n) is 7.03. The molecule has 3 unspecified atom stereocenters. The highest BCUT2D eigenvalue weighted by atomic mass is 16.5. The van der Waals surface area contributed by atoms with Crippen LogP contribution in [0.1, 0.15) is 37.5 Å². The molecule has 1 aliphatic rings. The summed E-state index contributed by atoms with van der Waals surface area (Å²) in [6, 6.07) is 8.58. The maximum absolute atomic E-state index is 5.91. The van der Waals surface area contributed by atoms with Gasteiger partial charge in [0.2, 0.25) is 0 Å². The summed E-state index contributed by atoms with van der Waals surface area (Å²) in [5, 5.41) is 0. The van der Waals surface area contributed by atoms with Crippen molar-refractivity contribution in [2.24, 2.45) is 5.84 Å². The summed E-state index contributed by atoms with van der Waals surface area (Å²) < 4.78 is 11.5. The molecule has 0 aliphatic carbocycles. The Labute approximate surface area is 115 Å². The van der Waals surface area contributed by atoms with E-state index in [0.717, 1.165) is 19.4 Å². The molecule has 0 spiro atoms. The molecule has 1 heterocycles. The van der Waals surface area contributed by atoms with Crippen LogP contribution in [0.3, 0.4) is 0 Å². The van der Waals surface area contributed by atoms with Crippen molar-refractivity contribution >= 4 is 0 Å². The van der Waals surface area contributed by atoms with Gasteiger partial charge >= 0.3 is 0 Å². The van der Waals surface area contributed by atoms with Gasteiger partial charge in [0, 0.05) is 12.6 Å². The van der Waals surface area contributed by atoms with E-state index in [1.807, 2.05) is 13.8 Å². The molecule has 4 nitrogen and oxygen atoms in total. The Morgan fingerprint density at radius 2 is 2.26 bits per heavy atom. The van der Waals surface area contributed by atoms with E-state index in [4.69, 9.17) is 15.3 Å². The molecule has 19 heavy (non-hydrogen) atoms. The zero-order valence-electron chi connectivity index (χ0n) is 11.8. The number of hydrazine groups is 1. The highest BCUT2D eigenvalue weighted by molar-refractivity contribution is 5.31. The molecule has 0 aromatic heterocycles. The Kier molecular flexibility index (Phi) is 5.34. The second kappa shape index (κ2) is 7.01. The molecule has 4 heteroatoms. The zero-order chi connectivity index (χ0) is 13.7. The fourth-order valence-corrected chi connectivity index (χ4v) is 2.68. The third-order valence-corrected chi connectivity index (χ3v) is 3.77. The number of hydrogen-bond donors (Lipinski definition) is 2. The molecule has 2 rings (SSSR count). The molecule has 0 saturated heterocycles. The van der Waals surface area contributed by atoms with Crippen LogP contribution in [0.15, 0.2) is 24.3 Å². The van der Waals surface area contributed by atoms with Crippen molar-refractivity contribution in [1.29, 1.82) is 0 Å². The summed E-state index contributed by atoms with van der Waals surface area (Å²) in [7, 11) is 0. The lowest BCUT2D eigenvalue weighted by Crippen LogP contribution is -2.45. The molecule has 1 aromatic rings. The summed E-state index contributed by atoms with van der Waals surface area (Å²) in [6.07, 6.45) is 2.00. The van der Waals surface area contributed by atoms with Gasteiger partial charge < -0.3 is 9.47 Å². The van der Waals surface area contributed by atoms with Gasteiger partial charge in [-0.05, 0) is 37.8 Å². The first kappa shape index (κ1) is 14.5. The van der Waals surface area contributed by atoms with E-state index in [-0.39, 0.29) is 18.2 Å². The monoisotopic (exact) mass is 264 g/mol. The van der Waals surface area contributed by atoms with Gasteiger partial charge in [-0.15, -0.1) is 0 Å². The number of fused-ring (bicyclic) bond motifs is 1. The number of ether oxygens (including phenoxy) is 2. The Balaban J connectivity index is 2.06. The largest absolute Gasteiger partial charge is 0.377 e. The number of rotatable bonds is 6. The average Bonchev–Trinajstić information content (AvgIpc) is 2.45. The summed E-state index contributed by atoms with van der Waals surface area (Å²) in [5.41, 5.74) is 5.54. The van der Waals surface area contributed by atoms with Gasteiger partial charge in [0.1, 0.15) is 0 Å². The van der Waals surface area contributed by atoms with E-state index >= 15 is 0 Å². The summed E-state index contributed by atoms with van der Waals surface area (Å²) in [5.74, 6) is 5.66. The zero-order valence-corrected chi connectivity index (χ0v) is 11.8. The number of benzene rings is 1. The summed E-state index contributed by atoms with van der Waals surface area (Å²) in [6.45, 7) is 5.52. The Bertz CT molecular complexity index is 397. The minimum Gasteiger partial charge on any atom is -0.377 e. The highest BCUT2D eigenvalue weighted by Crippen LogP contribution is 2.31. The van der Waals surface area contributed by atoms with Crippen molar-refractivity contribution in [2.75, 3.05) is 13.2 Å². The lowest BCUT2D eigenvalue weighted by atomic mass is 9.92. The van der Waals surface area contributed by atoms with Crippen LogP contribution in [0.5, 0.6) is 0 Å². The standard InChI is InChI=1S/C15H24N2O2/c1-3-18-11(2)14(17-16)10-15-13-7-5-4-6-12(13)8-9-19-15/h4-7,11,14-15,17H,3,8-10,16H2,1-2H3. The minimum absolute atomic E-state index is 0.0766. The van der Waals surface area contributed by atoms with Gasteiger partial charge in [-0.2, -0.15) is 0 Å². The second-order valence-corrected chi connectivity index (χ2v) is 4.98. The topological polar surface area (TPSA) is 56.5 Å². The van der Waals surface area contributed by atoms with E-state index in [1.165, 1.54) is 11.1 Å². The Morgan fingerprint density at radius 1 is 1.47 bits per heavy atom. The van der Waals surface area contributed by atoms with Crippen LogP contribution < -0.4 is 11.3 Å².